The maximum Gasteiger partial charge on any atom is 0.229 e. The monoisotopic (exact) mass is 427 g/mol. The van der Waals surface area contributed by atoms with E-state index in [2.05, 4.69) is 28.1 Å². The normalized spacial score (nSPS) is 11.6. The highest BCUT2D eigenvalue weighted by molar-refractivity contribution is 6.12. The molecule has 0 spiro atoms. The molecule has 0 aliphatic carbocycles. The number of hydrogen-bond acceptors (Lipinski definition) is 5. The summed E-state index contributed by atoms with van der Waals surface area (Å²) in [6.45, 7) is 0. The van der Waals surface area contributed by atoms with Gasteiger partial charge in [0.05, 0.1) is 11.1 Å². The number of aromatic nitrogens is 2. The molecule has 0 unspecified atom stereocenters. The van der Waals surface area contributed by atoms with Crippen molar-refractivity contribution < 1.29 is 8.83 Å². The summed E-state index contributed by atoms with van der Waals surface area (Å²) < 4.78 is 12.1. The van der Waals surface area contributed by atoms with E-state index in [1.54, 1.807) is 6.20 Å². The lowest BCUT2D eigenvalue weighted by molar-refractivity contribution is 0.654. The lowest BCUT2D eigenvalue weighted by Crippen LogP contribution is -2.12. The number of para-hydroxylation sites is 3. The van der Waals surface area contributed by atoms with Crippen LogP contribution in [0.3, 0.4) is 0 Å². The van der Waals surface area contributed by atoms with E-state index in [0.29, 0.717) is 5.71 Å². The Balaban J connectivity index is 1.55. The highest BCUT2D eigenvalue weighted by Crippen LogP contribution is 2.42. The van der Waals surface area contributed by atoms with Crippen molar-refractivity contribution in [2.24, 2.45) is 0 Å². The minimum absolute atomic E-state index is 0.601. The molecule has 7 aromatic rings. The second-order valence-corrected chi connectivity index (χ2v) is 7.89. The summed E-state index contributed by atoms with van der Waals surface area (Å²) in [5.41, 5.74) is 5.79. The van der Waals surface area contributed by atoms with Gasteiger partial charge in [0.25, 0.3) is 0 Å². The second kappa shape index (κ2) is 6.93. The van der Waals surface area contributed by atoms with Crippen molar-refractivity contribution in [2.45, 2.75) is 0 Å². The molecule has 4 aromatic heterocycles. The first-order chi connectivity index (χ1) is 16.4. The third kappa shape index (κ3) is 2.72. The number of rotatable bonds is 3. The van der Waals surface area contributed by atoms with Gasteiger partial charge in [-0.05, 0) is 48.5 Å². The summed E-state index contributed by atoms with van der Waals surface area (Å²) in [5, 5.41) is 2.97. The Morgan fingerprint density at radius 3 is 2.18 bits per heavy atom. The number of fused-ring (bicyclic) bond motifs is 6. The van der Waals surface area contributed by atoms with Crippen molar-refractivity contribution in [2.75, 3.05) is 4.90 Å². The number of nitrogens with zero attached hydrogens (tertiary/aromatic N) is 3. The fourth-order valence-electron chi connectivity index (χ4n) is 4.49. The zero-order chi connectivity index (χ0) is 21.8. The molecular weight excluding hydrogens is 410 g/mol. The van der Waals surface area contributed by atoms with Crippen LogP contribution in [0, 0.1) is 0 Å². The first-order valence-electron chi connectivity index (χ1n) is 10.8. The predicted octanol–water partition coefficient (Wildman–Crippen LogP) is 7.75. The van der Waals surface area contributed by atoms with E-state index in [1.807, 2.05) is 78.9 Å². The van der Waals surface area contributed by atoms with Gasteiger partial charge in [0, 0.05) is 22.7 Å². The van der Waals surface area contributed by atoms with Crippen LogP contribution in [-0.4, -0.2) is 9.97 Å². The van der Waals surface area contributed by atoms with Crippen LogP contribution < -0.4 is 4.90 Å². The van der Waals surface area contributed by atoms with E-state index in [1.165, 1.54) is 0 Å². The van der Waals surface area contributed by atoms with Gasteiger partial charge in [-0.15, -0.1) is 0 Å². The molecule has 0 bridgehead atoms. The van der Waals surface area contributed by atoms with Gasteiger partial charge in [0.2, 0.25) is 5.71 Å². The maximum atomic E-state index is 6.06. The standard InChI is InChI=1S/C28H17N3O2/c1-2-8-18(9-3-1)31(21-16-17-29-28-26(21)19-10-4-6-12-22(19)33-28)25-15-14-24-27(30-25)20-11-5-7-13-23(20)32-24/h1-17H. The van der Waals surface area contributed by atoms with E-state index in [9.17, 15) is 0 Å². The van der Waals surface area contributed by atoms with Crippen molar-refractivity contribution in [3.8, 4) is 0 Å². The van der Waals surface area contributed by atoms with Gasteiger partial charge in [0.15, 0.2) is 5.58 Å². The van der Waals surface area contributed by atoms with Crippen LogP contribution in [0.1, 0.15) is 0 Å². The van der Waals surface area contributed by atoms with Crippen LogP contribution in [0.4, 0.5) is 17.2 Å². The average Bonchev–Trinajstić information content (AvgIpc) is 3.43. The van der Waals surface area contributed by atoms with Gasteiger partial charge in [-0.2, -0.15) is 0 Å². The maximum absolute atomic E-state index is 6.06. The third-order valence-electron chi connectivity index (χ3n) is 5.95. The Morgan fingerprint density at radius 1 is 0.606 bits per heavy atom. The van der Waals surface area contributed by atoms with Gasteiger partial charge >= 0.3 is 0 Å². The van der Waals surface area contributed by atoms with E-state index < -0.39 is 0 Å². The molecule has 0 saturated carbocycles. The molecule has 4 heterocycles. The molecule has 0 aliphatic rings. The van der Waals surface area contributed by atoms with Crippen molar-refractivity contribution >= 4 is 61.3 Å². The van der Waals surface area contributed by atoms with Crippen molar-refractivity contribution in [3.63, 3.8) is 0 Å². The Labute approximate surface area is 188 Å². The van der Waals surface area contributed by atoms with Crippen LogP contribution in [0.5, 0.6) is 0 Å². The van der Waals surface area contributed by atoms with Crippen molar-refractivity contribution in [1.29, 1.82) is 0 Å². The van der Waals surface area contributed by atoms with Crippen molar-refractivity contribution in [3.05, 3.63) is 103 Å². The molecule has 0 fully saturated rings. The molecule has 33 heavy (non-hydrogen) atoms. The Hall–Kier alpha value is -4.64. The first-order valence-corrected chi connectivity index (χ1v) is 10.8. The molecule has 5 heteroatoms. The molecule has 7 rings (SSSR count). The van der Waals surface area contributed by atoms with Crippen LogP contribution in [0.15, 0.2) is 112 Å². The number of anilines is 3. The number of furan rings is 2. The zero-order valence-corrected chi connectivity index (χ0v) is 17.5. The minimum Gasteiger partial charge on any atom is -0.454 e. The Morgan fingerprint density at radius 2 is 1.33 bits per heavy atom. The molecule has 156 valence electrons. The summed E-state index contributed by atoms with van der Waals surface area (Å²) >= 11 is 0. The Kier molecular flexibility index (Phi) is 3.78. The summed E-state index contributed by atoms with van der Waals surface area (Å²) in [4.78, 5) is 11.7. The fraction of sp³-hybridized carbons (Fsp3) is 0. The summed E-state index contributed by atoms with van der Waals surface area (Å²) in [6, 6.07) is 32.2. The molecule has 0 amide bonds. The van der Waals surface area contributed by atoms with Gasteiger partial charge in [-0.3, -0.25) is 4.90 Å². The topological polar surface area (TPSA) is 55.3 Å². The summed E-state index contributed by atoms with van der Waals surface area (Å²) in [6.07, 6.45) is 1.78. The van der Waals surface area contributed by atoms with Crippen LogP contribution in [-0.2, 0) is 0 Å². The summed E-state index contributed by atoms with van der Waals surface area (Å²) in [5.74, 6) is 0.790. The highest BCUT2D eigenvalue weighted by atomic mass is 16.3. The number of pyridine rings is 2. The molecule has 0 atom stereocenters. The molecular formula is C28H17N3O2. The van der Waals surface area contributed by atoms with E-state index >= 15 is 0 Å². The van der Waals surface area contributed by atoms with E-state index in [0.717, 1.165) is 55.6 Å². The first kappa shape index (κ1) is 18.0. The highest BCUT2D eigenvalue weighted by Gasteiger charge is 2.21. The van der Waals surface area contributed by atoms with Crippen molar-refractivity contribution in [1.82, 2.24) is 9.97 Å². The molecule has 0 saturated heterocycles. The molecule has 0 aliphatic heterocycles. The van der Waals surface area contributed by atoms with E-state index in [4.69, 9.17) is 13.8 Å². The smallest absolute Gasteiger partial charge is 0.229 e. The van der Waals surface area contributed by atoms with Crippen LogP contribution in [0.25, 0.3) is 44.1 Å². The molecule has 0 radical (unpaired) electrons. The van der Waals surface area contributed by atoms with Gasteiger partial charge < -0.3 is 8.83 Å². The molecule has 0 N–H and O–H groups in total. The fourth-order valence-corrected chi connectivity index (χ4v) is 4.49. The number of benzene rings is 3. The Bertz CT molecular complexity index is 1780. The van der Waals surface area contributed by atoms with Gasteiger partial charge in [0.1, 0.15) is 22.5 Å². The quantitative estimate of drug-likeness (QED) is 0.289. The lowest BCUT2D eigenvalue weighted by atomic mass is 10.1. The lowest BCUT2D eigenvalue weighted by Gasteiger charge is -2.24. The molecule has 5 nitrogen and oxygen atoms in total. The SMILES string of the molecule is c1ccc(N(c2ccc3oc4ccccc4c3n2)c2ccnc3oc4ccccc4c23)cc1. The van der Waals surface area contributed by atoms with Gasteiger partial charge in [-0.1, -0.05) is 48.5 Å². The number of hydrogen-bond donors (Lipinski definition) is 0. The molecule has 3 aromatic carbocycles. The third-order valence-corrected chi connectivity index (χ3v) is 5.95. The zero-order valence-electron chi connectivity index (χ0n) is 17.5. The summed E-state index contributed by atoms with van der Waals surface area (Å²) in [7, 11) is 0. The van der Waals surface area contributed by atoms with Crippen LogP contribution in [0.2, 0.25) is 0 Å². The predicted molar refractivity (Wildman–Crippen MR) is 131 cm³/mol. The van der Waals surface area contributed by atoms with Gasteiger partial charge in [-0.25, -0.2) is 9.97 Å². The minimum atomic E-state index is 0.601. The second-order valence-electron chi connectivity index (χ2n) is 7.89. The van der Waals surface area contributed by atoms with E-state index in [-0.39, 0.29) is 0 Å². The van der Waals surface area contributed by atoms with Crippen LogP contribution >= 0.6 is 0 Å². The largest absolute Gasteiger partial charge is 0.454 e. The average molecular weight is 427 g/mol.